The lowest BCUT2D eigenvalue weighted by Crippen LogP contribution is -2.25. The van der Waals surface area contributed by atoms with Gasteiger partial charge in [0.05, 0.1) is 18.6 Å². The van der Waals surface area contributed by atoms with Crippen molar-refractivity contribution in [1.82, 2.24) is 5.32 Å². The minimum atomic E-state index is -0.470. The van der Waals surface area contributed by atoms with E-state index in [1.165, 1.54) is 18.4 Å². The summed E-state index contributed by atoms with van der Waals surface area (Å²) in [7, 11) is 1.31. The number of hydrogen-bond donors (Lipinski definition) is 2. The van der Waals surface area contributed by atoms with Crippen molar-refractivity contribution < 1.29 is 19.1 Å². The van der Waals surface area contributed by atoms with E-state index in [1.54, 1.807) is 0 Å². The van der Waals surface area contributed by atoms with Crippen LogP contribution in [0.3, 0.4) is 0 Å². The van der Waals surface area contributed by atoms with Gasteiger partial charge in [0.15, 0.2) is 0 Å². The number of amides is 2. The molecule has 1 saturated heterocycles. The highest BCUT2D eigenvalue weighted by Gasteiger charge is 2.30. The first-order valence-electron chi connectivity index (χ1n) is 6.20. The highest BCUT2D eigenvalue weighted by Crippen LogP contribution is 2.33. The second-order valence-electron chi connectivity index (χ2n) is 4.67. The van der Waals surface area contributed by atoms with Gasteiger partial charge in [0.2, 0.25) is 11.8 Å². The van der Waals surface area contributed by atoms with Crippen molar-refractivity contribution in [3.8, 4) is 0 Å². The van der Waals surface area contributed by atoms with Crippen LogP contribution in [0.25, 0.3) is 0 Å². The standard InChI is InChI=1S/C13H16N2O4S/c1-6-7(2)20-12(10(6)13(18)19-3)15-11(17)8-4-9(16)14-5-8/h8H,4-5H2,1-3H3,(H,14,16)(H,15,17). The molecule has 1 unspecified atom stereocenters. The van der Waals surface area contributed by atoms with Gasteiger partial charge in [0, 0.05) is 17.8 Å². The van der Waals surface area contributed by atoms with Gasteiger partial charge in [0.1, 0.15) is 5.00 Å². The molecule has 0 bridgehead atoms. The van der Waals surface area contributed by atoms with Gasteiger partial charge in [-0.15, -0.1) is 11.3 Å². The van der Waals surface area contributed by atoms with Crippen molar-refractivity contribution in [2.24, 2.45) is 5.92 Å². The Kier molecular flexibility index (Phi) is 4.08. The zero-order chi connectivity index (χ0) is 14.9. The van der Waals surface area contributed by atoms with Crippen LogP contribution in [0, 0.1) is 19.8 Å². The number of carbonyl (C=O) groups excluding carboxylic acids is 3. The molecule has 20 heavy (non-hydrogen) atoms. The lowest BCUT2D eigenvalue weighted by Gasteiger charge is -2.09. The molecular formula is C13H16N2O4S. The molecule has 1 aliphatic rings. The minimum Gasteiger partial charge on any atom is -0.465 e. The van der Waals surface area contributed by atoms with E-state index in [-0.39, 0.29) is 18.2 Å². The normalized spacial score (nSPS) is 17.8. The average Bonchev–Trinajstić information content (AvgIpc) is 2.94. The molecule has 2 rings (SSSR count). The molecule has 0 aromatic carbocycles. The number of aryl methyl sites for hydroxylation is 1. The minimum absolute atomic E-state index is 0.128. The van der Waals surface area contributed by atoms with Gasteiger partial charge in [0.25, 0.3) is 0 Å². The van der Waals surface area contributed by atoms with E-state index in [1.807, 2.05) is 13.8 Å². The van der Waals surface area contributed by atoms with Gasteiger partial charge in [-0.05, 0) is 19.4 Å². The highest BCUT2D eigenvalue weighted by molar-refractivity contribution is 7.16. The Bertz CT molecular complexity index is 579. The summed E-state index contributed by atoms with van der Waals surface area (Å²) < 4.78 is 4.75. The van der Waals surface area contributed by atoms with Crippen LogP contribution >= 0.6 is 11.3 Å². The Balaban J connectivity index is 2.21. The number of carbonyl (C=O) groups is 3. The molecule has 1 aromatic rings. The summed E-state index contributed by atoms with van der Waals surface area (Å²) in [6.07, 6.45) is 0.183. The molecule has 1 fully saturated rings. The van der Waals surface area contributed by atoms with E-state index in [9.17, 15) is 14.4 Å². The van der Waals surface area contributed by atoms with E-state index in [2.05, 4.69) is 10.6 Å². The summed E-state index contributed by atoms with van der Waals surface area (Å²) in [6, 6.07) is 0. The van der Waals surface area contributed by atoms with Gasteiger partial charge in [-0.3, -0.25) is 9.59 Å². The number of hydrogen-bond acceptors (Lipinski definition) is 5. The monoisotopic (exact) mass is 296 g/mol. The van der Waals surface area contributed by atoms with E-state index in [0.29, 0.717) is 17.1 Å². The molecule has 7 heteroatoms. The average molecular weight is 296 g/mol. The van der Waals surface area contributed by atoms with Gasteiger partial charge >= 0.3 is 5.97 Å². The fraction of sp³-hybridized carbons (Fsp3) is 0.462. The Morgan fingerprint density at radius 2 is 2.10 bits per heavy atom. The van der Waals surface area contributed by atoms with Crippen LogP contribution in [0.1, 0.15) is 27.2 Å². The maximum atomic E-state index is 12.1. The van der Waals surface area contributed by atoms with Crippen LogP contribution in [0.15, 0.2) is 0 Å². The van der Waals surface area contributed by atoms with Crippen LogP contribution in [-0.4, -0.2) is 31.4 Å². The molecular weight excluding hydrogens is 280 g/mol. The summed E-state index contributed by atoms with van der Waals surface area (Å²) in [4.78, 5) is 36.0. The van der Waals surface area contributed by atoms with Crippen molar-refractivity contribution in [2.75, 3.05) is 19.0 Å². The lowest BCUT2D eigenvalue weighted by molar-refractivity contribution is -0.123. The van der Waals surface area contributed by atoms with E-state index >= 15 is 0 Å². The third-order valence-corrected chi connectivity index (χ3v) is 4.48. The summed E-state index contributed by atoms with van der Waals surface area (Å²) in [5.74, 6) is -1.25. The molecule has 1 atom stereocenters. The van der Waals surface area contributed by atoms with E-state index in [0.717, 1.165) is 10.4 Å². The molecule has 2 amide bonds. The fourth-order valence-electron chi connectivity index (χ4n) is 2.07. The van der Waals surface area contributed by atoms with Gasteiger partial charge < -0.3 is 15.4 Å². The molecule has 0 aliphatic carbocycles. The predicted octanol–water partition coefficient (Wildman–Crippen LogP) is 1.23. The van der Waals surface area contributed by atoms with Crippen LogP contribution in [-0.2, 0) is 14.3 Å². The molecule has 0 saturated carbocycles. The Labute approximate surface area is 120 Å². The molecule has 1 aliphatic heterocycles. The summed E-state index contributed by atoms with van der Waals surface area (Å²) >= 11 is 1.33. The SMILES string of the molecule is COC(=O)c1c(NC(=O)C2CNC(=O)C2)sc(C)c1C. The molecule has 108 valence electrons. The number of thiophene rings is 1. The number of nitrogens with one attached hydrogen (secondary N) is 2. The summed E-state index contributed by atoms with van der Waals surface area (Å²) in [6.45, 7) is 4.03. The Morgan fingerprint density at radius 1 is 1.40 bits per heavy atom. The second kappa shape index (κ2) is 5.62. The second-order valence-corrected chi connectivity index (χ2v) is 5.90. The molecule has 1 aromatic heterocycles. The summed E-state index contributed by atoms with van der Waals surface area (Å²) in [5, 5.41) is 5.83. The van der Waals surface area contributed by atoms with Crippen molar-refractivity contribution in [1.29, 1.82) is 0 Å². The fourth-order valence-corrected chi connectivity index (χ4v) is 3.12. The number of esters is 1. The van der Waals surface area contributed by atoms with Crippen LogP contribution < -0.4 is 10.6 Å². The van der Waals surface area contributed by atoms with Crippen LogP contribution in [0.4, 0.5) is 5.00 Å². The quantitative estimate of drug-likeness (QED) is 0.822. The van der Waals surface area contributed by atoms with Gasteiger partial charge in [-0.2, -0.15) is 0 Å². The number of ether oxygens (including phenoxy) is 1. The first kappa shape index (κ1) is 14.5. The predicted molar refractivity (Wildman–Crippen MR) is 74.9 cm³/mol. The zero-order valence-electron chi connectivity index (χ0n) is 11.5. The van der Waals surface area contributed by atoms with Crippen LogP contribution in [0.5, 0.6) is 0 Å². The topological polar surface area (TPSA) is 84.5 Å². The third kappa shape index (κ3) is 2.67. The maximum Gasteiger partial charge on any atom is 0.341 e. The van der Waals surface area contributed by atoms with Gasteiger partial charge in [-0.25, -0.2) is 4.79 Å². The Morgan fingerprint density at radius 3 is 2.65 bits per heavy atom. The van der Waals surface area contributed by atoms with Crippen molar-refractivity contribution in [2.45, 2.75) is 20.3 Å². The highest BCUT2D eigenvalue weighted by atomic mass is 32.1. The maximum absolute atomic E-state index is 12.1. The smallest absolute Gasteiger partial charge is 0.341 e. The van der Waals surface area contributed by atoms with Crippen molar-refractivity contribution in [3.63, 3.8) is 0 Å². The third-order valence-electron chi connectivity index (χ3n) is 3.36. The molecule has 0 radical (unpaired) electrons. The van der Waals surface area contributed by atoms with Crippen molar-refractivity contribution >= 4 is 34.1 Å². The molecule has 2 N–H and O–H groups in total. The molecule has 6 nitrogen and oxygen atoms in total. The number of anilines is 1. The largest absolute Gasteiger partial charge is 0.465 e. The van der Waals surface area contributed by atoms with Crippen molar-refractivity contribution in [3.05, 3.63) is 16.0 Å². The molecule has 2 heterocycles. The van der Waals surface area contributed by atoms with Gasteiger partial charge in [-0.1, -0.05) is 0 Å². The molecule has 0 spiro atoms. The number of methoxy groups -OCH3 is 1. The first-order valence-corrected chi connectivity index (χ1v) is 7.01. The zero-order valence-corrected chi connectivity index (χ0v) is 12.3. The van der Waals surface area contributed by atoms with E-state index < -0.39 is 11.9 Å². The van der Waals surface area contributed by atoms with Crippen LogP contribution in [0.2, 0.25) is 0 Å². The summed E-state index contributed by atoms with van der Waals surface area (Å²) in [5.41, 5.74) is 1.19. The lowest BCUT2D eigenvalue weighted by atomic mass is 10.1. The first-order chi connectivity index (χ1) is 9.43. The van der Waals surface area contributed by atoms with E-state index in [4.69, 9.17) is 4.74 Å². The Hall–Kier alpha value is -1.89. The number of rotatable bonds is 3.